The van der Waals surface area contributed by atoms with Crippen LogP contribution in [0.15, 0.2) is 66.7 Å². The first-order valence-electron chi connectivity index (χ1n) is 9.26. The Labute approximate surface area is 159 Å². The molecule has 0 aliphatic heterocycles. The zero-order valence-corrected chi connectivity index (χ0v) is 15.6. The molecule has 27 heavy (non-hydrogen) atoms. The molecule has 3 heteroatoms. The van der Waals surface area contributed by atoms with E-state index in [9.17, 15) is 9.90 Å². The summed E-state index contributed by atoms with van der Waals surface area (Å²) in [6, 6.07) is 21.9. The van der Waals surface area contributed by atoms with Crippen LogP contribution >= 0.6 is 0 Å². The number of carboxylic acid groups (broad SMARTS) is 1. The summed E-state index contributed by atoms with van der Waals surface area (Å²) in [5.74, 6) is -1.02. The molecule has 1 aliphatic rings. The standard InChI is InChI=1S/C24H23NO2/c1-15-11-16(2)13-17(12-15)14-25-23(24(26)27)22-20-9-5-3-7-18(20)19-8-4-6-10-21(19)22/h3-13,22-23,25H,14H2,1-2H3,(H,26,27). The second-order valence-corrected chi connectivity index (χ2v) is 7.34. The summed E-state index contributed by atoms with van der Waals surface area (Å²) in [5, 5.41) is 13.3. The molecule has 0 fully saturated rings. The molecule has 3 nitrogen and oxygen atoms in total. The molecule has 0 heterocycles. The monoisotopic (exact) mass is 357 g/mol. The number of nitrogens with one attached hydrogen (secondary N) is 1. The predicted molar refractivity (Wildman–Crippen MR) is 108 cm³/mol. The third-order valence-electron chi connectivity index (χ3n) is 5.29. The van der Waals surface area contributed by atoms with Gasteiger partial charge >= 0.3 is 5.97 Å². The summed E-state index contributed by atoms with van der Waals surface area (Å²) in [5.41, 5.74) is 7.93. The molecule has 136 valence electrons. The maximum atomic E-state index is 12.2. The van der Waals surface area contributed by atoms with Crippen LogP contribution in [0.4, 0.5) is 0 Å². The molecule has 1 unspecified atom stereocenters. The van der Waals surface area contributed by atoms with E-state index >= 15 is 0 Å². The molecular weight excluding hydrogens is 334 g/mol. The fourth-order valence-corrected chi connectivity index (χ4v) is 4.30. The van der Waals surface area contributed by atoms with Gasteiger partial charge in [0.1, 0.15) is 6.04 Å². The van der Waals surface area contributed by atoms with Gasteiger partial charge in [0.25, 0.3) is 0 Å². The van der Waals surface area contributed by atoms with Gasteiger partial charge in [0, 0.05) is 12.5 Å². The number of rotatable bonds is 5. The summed E-state index contributed by atoms with van der Waals surface area (Å²) in [6.45, 7) is 4.66. The van der Waals surface area contributed by atoms with E-state index < -0.39 is 12.0 Å². The van der Waals surface area contributed by atoms with Gasteiger partial charge in [-0.2, -0.15) is 0 Å². The molecule has 4 rings (SSSR count). The minimum Gasteiger partial charge on any atom is -0.480 e. The van der Waals surface area contributed by atoms with Crippen molar-refractivity contribution in [3.8, 4) is 11.1 Å². The first-order valence-corrected chi connectivity index (χ1v) is 9.26. The Kier molecular flexibility index (Phi) is 4.54. The fraction of sp³-hybridized carbons (Fsp3) is 0.208. The molecule has 0 saturated heterocycles. The molecule has 0 bridgehead atoms. The number of hydrogen-bond acceptors (Lipinski definition) is 2. The number of carboxylic acids is 1. The van der Waals surface area contributed by atoms with Gasteiger partial charge < -0.3 is 5.11 Å². The number of carbonyl (C=O) groups is 1. The van der Waals surface area contributed by atoms with Gasteiger partial charge in [0.05, 0.1) is 0 Å². The lowest BCUT2D eigenvalue weighted by Crippen LogP contribution is -2.41. The van der Waals surface area contributed by atoms with Crippen molar-refractivity contribution in [3.05, 3.63) is 94.5 Å². The normalized spacial score (nSPS) is 13.9. The number of benzene rings is 3. The third-order valence-corrected chi connectivity index (χ3v) is 5.29. The van der Waals surface area contributed by atoms with Gasteiger partial charge in [-0.3, -0.25) is 10.1 Å². The minimum atomic E-state index is -0.823. The molecule has 0 saturated carbocycles. The highest BCUT2D eigenvalue weighted by molar-refractivity contribution is 5.84. The van der Waals surface area contributed by atoms with E-state index in [2.05, 4.69) is 61.6 Å². The fourth-order valence-electron chi connectivity index (χ4n) is 4.30. The minimum absolute atomic E-state index is 0.194. The lowest BCUT2D eigenvalue weighted by molar-refractivity contribution is -0.139. The largest absolute Gasteiger partial charge is 0.480 e. The molecule has 1 aliphatic carbocycles. The Morgan fingerprint density at radius 3 is 1.96 bits per heavy atom. The van der Waals surface area contributed by atoms with Crippen LogP contribution in [0.5, 0.6) is 0 Å². The Hall–Kier alpha value is -2.91. The average Bonchev–Trinajstić information content (AvgIpc) is 2.96. The van der Waals surface area contributed by atoms with E-state index in [0.717, 1.165) is 27.8 Å². The van der Waals surface area contributed by atoms with Gasteiger partial charge in [-0.25, -0.2) is 0 Å². The van der Waals surface area contributed by atoms with E-state index in [4.69, 9.17) is 0 Å². The van der Waals surface area contributed by atoms with E-state index in [-0.39, 0.29) is 5.92 Å². The molecule has 0 aromatic heterocycles. The number of hydrogen-bond donors (Lipinski definition) is 2. The van der Waals surface area contributed by atoms with Crippen molar-refractivity contribution in [1.82, 2.24) is 5.32 Å². The van der Waals surface area contributed by atoms with Crippen molar-refractivity contribution >= 4 is 5.97 Å². The SMILES string of the molecule is Cc1cc(C)cc(CNC(C(=O)O)C2c3ccccc3-c3ccccc32)c1. The highest BCUT2D eigenvalue weighted by atomic mass is 16.4. The number of aliphatic carboxylic acids is 1. The van der Waals surface area contributed by atoms with Gasteiger partial charge in [-0.05, 0) is 41.7 Å². The first kappa shape index (κ1) is 17.5. The van der Waals surface area contributed by atoms with Crippen molar-refractivity contribution in [3.63, 3.8) is 0 Å². The quantitative estimate of drug-likeness (QED) is 0.698. The molecule has 0 radical (unpaired) electrons. The van der Waals surface area contributed by atoms with E-state index in [1.54, 1.807) is 0 Å². The number of aryl methyl sites for hydroxylation is 2. The summed E-state index contributed by atoms with van der Waals surface area (Å²) in [4.78, 5) is 12.2. The van der Waals surface area contributed by atoms with Crippen molar-refractivity contribution in [1.29, 1.82) is 0 Å². The topological polar surface area (TPSA) is 49.3 Å². The van der Waals surface area contributed by atoms with Crippen LogP contribution in [0.25, 0.3) is 11.1 Å². The van der Waals surface area contributed by atoms with Crippen LogP contribution in [-0.2, 0) is 11.3 Å². The maximum Gasteiger partial charge on any atom is 0.321 e. The summed E-state index contributed by atoms with van der Waals surface area (Å²) < 4.78 is 0. The lowest BCUT2D eigenvalue weighted by Gasteiger charge is -2.23. The summed E-state index contributed by atoms with van der Waals surface area (Å²) in [7, 11) is 0. The van der Waals surface area contributed by atoms with E-state index in [1.165, 1.54) is 11.1 Å². The lowest BCUT2D eigenvalue weighted by atomic mass is 9.89. The van der Waals surface area contributed by atoms with Crippen LogP contribution in [0.2, 0.25) is 0 Å². The second-order valence-electron chi connectivity index (χ2n) is 7.34. The van der Waals surface area contributed by atoms with E-state index in [1.807, 2.05) is 24.3 Å². The molecule has 3 aromatic carbocycles. The Balaban J connectivity index is 1.69. The Morgan fingerprint density at radius 1 is 0.926 bits per heavy atom. The highest BCUT2D eigenvalue weighted by Gasteiger charge is 2.37. The van der Waals surface area contributed by atoms with E-state index in [0.29, 0.717) is 6.54 Å². The molecule has 0 amide bonds. The summed E-state index contributed by atoms with van der Waals surface area (Å²) in [6.07, 6.45) is 0. The van der Waals surface area contributed by atoms with Crippen LogP contribution in [0, 0.1) is 13.8 Å². The van der Waals surface area contributed by atoms with Crippen molar-refractivity contribution < 1.29 is 9.90 Å². The zero-order chi connectivity index (χ0) is 19.0. The molecule has 3 aromatic rings. The average molecular weight is 357 g/mol. The molecule has 0 spiro atoms. The van der Waals surface area contributed by atoms with Crippen molar-refractivity contribution in [2.75, 3.05) is 0 Å². The van der Waals surface area contributed by atoms with Crippen LogP contribution < -0.4 is 5.32 Å². The smallest absolute Gasteiger partial charge is 0.321 e. The zero-order valence-electron chi connectivity index (χ0n) is 15.6. The maximum absolute atomic E-state index is 12.2. The van der Waals surface area contributed by atoms with Crippen molar-refractivity contribution in [2.24, 2.45) is 0 Å². The molecule has 1 atom stereocenters. The third kappa shape index (κ3) is 3.26. The molecular formula is C24H23NO2. The van der Waals surface area contributed by atoms with Crippen LogP contribution in [0.3, 0.4) is 0 Å². The van der Waals surface area contributed by atoms with Gasteiger partial charge in [0.15, 0.2) is 0 Å². The Bertz CT molecular complexity index is 943. The van der Waals surface area contributed by atoms with Gasteiger partial charge in [-0.15, -0.1) is 0 Å². The number of fused-ring (bicyclic) bond motifs is 3. The molecule has 2 N–H and O–H groups in total. The Morgan fingerprint density at radius 2 is 1.44 bits per heavy atom. The van der Waals surface area contributed by atoms with Crippen LogP contribution in [-0.4, -0.2) is 17.1 Å². The van der Waals surface area contributed by atoms with Gasteiger partial charge in [0.2, 0.25) is 0 Å². The predicted octanol–water partition coefficient (Wildman–Crippen LogP) is 4.66. The second kappa shape index (κ2) is 7.01. The highest BCUT2D eigenvalue weighted by Crippen LogP contribution is 2.46. The van der Waals surface area contributed by atoms with Crippen molar-refractivity contribution in [2.45, 2.75) is 32.4 Å². The summed E-state index contributed by atoms with van der Waals surface area (Å²) >= 11 is 0. The van der Waals surface area contributed by atoms with Crippen LogP contribution in [0.1, 0.15) is 33.7 Å². The van der Waals surface area contributed by atoms with Gasteiger partial charge in [-0.1, -0.05) is 77.9 Å². The first-order chi connectivity index (χ1) is 13.0.